The first-order valence-electron chi connectivity index (χ1n) is 30.3. The van der Waals surface area contributed by atoms with Crippen molar-refractivity contribution in [2.24, 2.45) is 0 Å². The van der Waals surface area contributed by atoms with E-state index < -0.39 is 6.10 Å². The van der Waals surface area contributed by atoms with Gasteiger partial charge >= 0.3 is 17.9 Å². The predicted molar refractivity (Wildman–Crippen MR) is 302 cm³/mol. The van der Waals surface area contributed by atoms with E-state index in [9.17, 15) is 14.4 Å². The molecule has 0 heterocycles. The molecular weight excluding hydrogens is 865 g/mol. The minimum Gasteiger partial charge on any atom is -0.462 e. The van der Waals surface area contributed by atoms with Gasteiger partial charge in [-0.3, -0.25) is 14.4 Å². The van der Waals surface area contributed by atoms with Crippen molar-refractivity contribution in [3.63, 3.8) is 0 Å². The number of rotatable bonds is 55. The minimum absolute atomic E-state index is 0.0776. The molecule has 1 atom stereocenters. The smallest absolute Gasteiger partial charge is 0.306 e. The summed E-state index contributed by atoms with van der Waals surface area (Å²) >= 11 is 0. The highest BCUT2D eigenvalue weighted by Crippen LogP contribution is 2.16. The van der Waals surface area contributed by atoms with Crippen LogP contribution in [0, 0.1) is 0 Å². The van der Waals surface area contributed by atoms with Crippen LogP contribution in [0.4, 0.5) is 0 Å². The summed E-state index contributed by atoms with van der Waals surface area (Å²) in [5.41, 5.74) is 0. The van der Waals surface area contributed by atoms with Crippen molar-refractivity contribution in [3.8, 4) is 0 Å². The normalized spacial score (nSPS) is 12.4. The number of allylic oxidation sites excluding steroid dienone is 10. The Bertz CT molecular complexity index is 1260. The lowest BCUT2D eigenvalue weighted by molar-refractivity contribution is -0.167. The molecule has 0 aromatic carbocycles. The Labute approximate surface area is 434 Å². The van der Waals surface area contributed by atoms with Gasteiger partial charge in [0, 0.05) is 19.3 Å². The first-order valence-corrected chi connectivity index (χ1v) is 30.3. The molecule has 0 rings (SSSR count). The van der Waals surface area contributed by atoms with Crippen molar-refractivity contribution in [1.29, 1.82) is 0 Å². The van der Waals surface area contributed by atoms with Crippen molar-refractivity contribution >= 4 is 17.9 Å². The lowest BCUT2D eigenvalue weighted by atomic mass is 10.0. The number of ether oxygens (including phenoxy) is 3. The second-order valence-electron chi connectivity index (χ2n) is 20.3. The zero-order valence-corrected chi connectivity index (χ0v) is 46.5. The Hall–Kier alpha value is -2.89. The Morgan fingerprint density at radius 3 is 0.829 bits per heavy atom. The first kappa shape index (κ1) is 67.1. The van der Waals surface area contributed by atoms with E-state index in [2.05, 4.69) is 81.5 Å². The average Bonchev–Trinajstić information content (AvgIpc) is 3.36. The summed E-state index contributed by atoms with van der Waals surface area (Å²) in [5.74, 6) is -0.889. The van der Waals surface area contributed by atoms with E-state index in [0.29, 0.717) is 19.3 Å². The molecule has 0 saturated heterocycles. The van der Waals surface area contributed by atoms with Crippen LogP contribution < -0.4 is 0 Å². The van der Waals surface area contributed by atoms with Crippen molar-refractivity contribution in [1.82, 2.24) is 0 Å². The van der Waals surface area contributed by atoms with Crippen LogP contribution in [0.25, 0.3) is 0 Å². The molecule has 0 amide bonds. The predicted octanol–water partition coefficient (Wildman–Crippen LogP) is 20.4. The molecule has 0 N–H and O–H groups in total. The Kier molecular flexibility index (Phi) is 56.3. The largest absolute Gasteiger partial charge is 0.462 e. The molecule has 6 nitrogen and oxygen atoms in total. The Morgan fingerprint density at radius 1 is 0.286 bits per heavy atom. The molecule has 70 heavy (non-hydrogen) atoms. The van der Waals surface area contributed by atoms with E-state index in [1.165, 1.54) is 180 Å². The molecule has 0 aromatic rings. The minimum atomic E-state index is -0.777. The molecule has 0 aliphatic carbocycles. The van der Waals surface area contributed by atoms with Gasteiger partial charge in [-0.2, -0.15) is 0 Å². The summed E-state index contributed by atoms with van der Waals surface area (Å²) in [4.78, 5) is 37.9. The summed E-state index contributed by atoms with van der Waals surface area (Å²) in [6.45, 7) is 6.56. The molecule has 6 heteroatoms. The molecule has 0 saturated carbocycles. The fraction of sp³-hybridized carbons (Fsp3) is 0.797. The van der Waals surface area contributed by atoms with Gasteiger partial charge in [0.1, 0.15) is 13.2 Å². The van der Waals surface area contributed by atoms with E-state index in [-0.39, 0.29) is 31.1 Å². The lowest BCUT2D eigenvalue weighted by Crippen LogP contribution is -2.30. The van der Waals surface area contributed by atoms with Gasteiger partial charge in [-0.1, -0.05) is 261 Å². The monoisotopic (exact) mass is 979 g/mol. The van der Waals surface area contributed by atoms with Crippen LogP contribution in [0.2, 0.25) is 0 Å². The van der Waals surface area contributed by atoms with Crippen LogP contribution in [-0.2, 0) is 28.6 Å². The first-order chi connectivity index (χ1) is 34.5. The molecular formula is C64H114O6. The van der Waals surface area contributed by atoms with Crippen molar-refractivity contribution in [2.45, 2.75) is 316 Å². The molecule has 0 spiro atoms. The fourth-order valence-corrected chi connectivity index (χ4v) is 8.66. The van der Waals surface area contributed by atoms with E-state index >= 15 is 0 Å². The zero-order valence-electron chi connectivity index (χ0n) is 46.5. The zero-order chi connectivity index (χ0) is 50.7. The van der Waals surface area contributed by atoms with Gasteiger partial charge in [0.25, 0.3) is 0 Å². The van der Waals surface area contributed by atoms with Crippen LogP contribution in [0.15, 0.2) is 60.8 Å². The number of hydrogen-bond acceptors (Lipinski definition) is 6. The maximum Gasteiger partial charge on any atom is 0.306 e. The molecule has 0 radical (unpaired) electrons. The summed E-state index contributed by atoms with van der Waals surface area (Å²) in [5, 5.41) is 0. The topological polar surface area (TPSA) is 78.9 Å². The van der Waals surface area contributed by atoms with Gasteiger partial charge in [0.05, 0.1) is 0 Å². The maximum absolute atomic E-state index is 12.8. The van der Waals surface area contributed by atoms with Gasteiger partial charge in [0.2, 0.25) is 0 Å². The number of unbranched alkanes of at least 4 members (excludes halogenated alkanes) is 34. The fourth-order valence-electron chi connectivity index (χ4n) is 8.66. The van der Waals surface area contributed by atoms with Crippen LogP contribution in [0.1, 0.15) is 310 Å². The third-order valence-corrected chi connectivity index (χ3v) is 13.2. The number of hydrogen-bond donors (Lipinski definition) is 0. The third kappa shape index (κ3) is 56.0. The Balaban J connectivity index is 4.09. The van der Waals surface area contributed by atoms with Crippen molar-refractivity contribution < 1.29 is 28.6 Å². The molecule has 0 fully saturated rings. The molecule has 0 aliphatic rings. The SMILES string of the molecule is CCCCC/C=C\C/C=C\C/C=C\CCCCCCCCC(=O)OC(COC(=O)CCCCCCCC)COC(=O)CCCCCCCCCCCCCCCCC/C=C\C/C=C\CCCCCCC. The highest BCUT2D eigenvalue weighted by atomic mass is 16.6. The second kappa shape index (κ2) is 58.7. The molecule has 1 unspecified atom stereocenters. The van der Waals surface area contributed by atoms with Gasteiger partial charge in [-0.05, 0) is 89.9 Å². The molecule has 406 valence electrons. The van der Waals surface area contributed by atoms with E-state index in [4.69, 9.17) is 14.2 Å². The van der Waals surface area contributed by atoms with Crippen LogP contribution >= 0.6 is 0 Å². The Morgan fingerprint density at radius 2 is 0.514 bits per heavy atom. The second-order valence-corrected chi connectivity index (χ2v) is 20.3. The van der Waals surface area contributed by atoms with Crippen LogP contribution in [0.5, 0.6) is 0 Å². The summed E-state index contributed by atoms with van der Waals surface area (Å²) < 4.78 is 16.8. The highest BCUT2D eigenvalue weighted by molar-refractivity contribution is 5.71. The van der Waals surface area contributed by atoms with Gasteiger partial charge in [0.15, 0.2) is 6.10 Å². The van der Waals surface area contributed by atoms with E-state index in [0.717, 1.165) is 89.9 Å². The average molecular weight is 980 g/mol. The van der Waals surface area contributed by atoms with Gasteiger partial charge in [-0.15, -0.1) is 0 Å². The summed E-state index contributed by atoms with van der Waals surface area (Å²) in [7, 11) is 0. The molecule has 0 aliphatic heterocycles. The van der Waals surface area contributed by atoms with Gasteiger partial charge in [-0.25, -0.2) is 0 Å². The summed E-state index contributed by atoms with van der Waals surface area (Å²) in [6, 6.07) is 0. The standard InChI is InChI=1S/C64H114O6/c1-4-7-10-13-16-18-20-22-24-26-28-29-30-31-32-33-34-35-37-38-40-42-44-46-48-51-54-57-63(66)69-60-61(59-68-62(65)56-53-50-15-12-9-6-3)70-64(67)58-55-52-49-47-45-43-41-39-36-27-25-23-21-19-17-14-11-8-5-2/h17,19-20,22-23,25-26,28,36,39,61H,4-16,18,21,24,27,29-35,37-38,40-60H2,1-3H3/b19-17-,22-20-,25-23-,28-26-,39-36-. The number of carbonyl (C=O) groups is 3. The van der Waals surface area contributed by atoms with E-state index in [1.807, 2.05) is 0 Å². The van der Waals surface area contributed by atoms with Gasteiger partial charge < -0.3 is 14.2 Å². The molecule has 0 aromatic heterocycles. The van der Waals surface area contributed by atoms with E-state index in [1.54, 1.807) is 0 Å². The van der Waals surface area contributed by atoms with Crippen LogP contribution in [-0.4, -0.2) is 37.2 Å². The van der Waals surface area contributed by atoms with Crippen LogP contribution in [0.3, 0.4) is 0 Å². The maximum atomic E-state index is 12.8. The third-order valence-electron chi connectivity index (χ3n) is 13.2. The van der Waals surface area contributed by atoms with Crippen molar-refractivity contribution in [2.75, 3.05) is 13.2 Å². The summed E-state index contributed by atoms with van der Waals surface area (Å²) in [6.07, 6.45) is 74.0. The lowest BCUT2D eigenvalue weighted by Gasteiger charge is -2.18. The number of esters is 3. The highest BCUT2D eigenvalue weighted by Gasteiger charge is 2.19. The van der Waals surface area contributed by atoms with Crippen molar-refractivity contribution in [3.05, 3.63) is 60.8 Å². The number of carbonyl (C=O) groups excluding carboxylic acids is 3. The quantitative estimate of drug-likeness (QED) is 0.0261. The molecule has 0 bridgehead atoms.